The lowest BCUT2D eigenvalue weighted by atomic mass is 9.88. The molecule has 0 radical (unpaired) electrons. The first kappa shape index (κ1) is 19.6. The third kappa shape index (κ3) is 4.88. The van der Waals surface area contributed by atoms with Crippen LogP contribution in [0.4, 0.5) is 8.78 Å². The highest BCUT2D eigenvalue weighted by Gasteiger charge is 2.41. The summed E-state index contributed by atoms with van der Waals surface area (Å²) in [5.74, 6) is 0.170. The Kier molecular flexibility index (Phi) is 6.59. The summed E-state index contributed by atoms with van der Waals surface area (Å²) >= 11 is 0. The average molecular weight is 346 g/mol. The van der Waals surface area contributed by atoms with Crippen molar-refractivity contribution in [2.75, 3.05) is 32.7 Å². The minimum atomic E-state index is -2.62. The van der Waals surface area contributed by atoms with Gasteiger partial charge in [0.25, 0.3) is 6.43 Å². The molecule has 1 amide bonds. The number of alkyl halides is 2. The van der Waals surface area contributed by atoms with Gasteiger partial charge in [-0.25, -0.2) is 8.78 Å². The van der Waals surface area contributed by atoms with E-state index in [0.29, 0.717) is 19.0 Å². The van der Waals surface area contributed by atoms with Crippen molar-refractivity contribution in [1.29, 1.82) is 0 Å². The second-order valence-electron chi connectivity index (χ2n) is 8.06. The minimum Gasteiger partial charge on any atom is -0.373 e. The summed E-state index contributed by atoms with van der Waals surface area (Å²) in [6.45, 7) is 11.1. The first-order valence-corrected chi connectivity index (χ1v) is 9.15. The molecule has 2 heterocycles. The molecule has 0 bridgehead atoms. The first-order valence-electron chi connectivity index (χ1n) is 9.15. The van der Waals surface area contributed by atoms with E-state index in [2.05, 4.69) is 18.7 Å². The Morgan fingerprint density at radius 1 is 1.17 bits per heavy atom. The number of rotatable bonds is 5. The Morgan fingerprint density at radius 3 is 2.21 bits per heavy atom. The first-order chi connectivity index (χ1) is 11.2. The lowest BCUT2D eigenvalue weighted by molar-refractivity contribution is -0.150. The Labute approximate surface area is 144 Å². The molecule has 140 valence electrons. The summed E-state index contributed by atoms with van der Waals surface area (Å²) in [7, 11) is 0. The molecular formula is C18H32F2N2O2. The van der Waals surface area contributed by atoms with Crippen molar-refractivity contribution in [2.45, 2.75) is 65.6 Å². The van der Waals surface area contributed by atoms with E-state index < -0.39 is 17.7 Å². The lowest BCUT2D eigenvalue weighted by Crippen LogP contribution is -2.48. The molecule has 6 heteroatoms. The second-order valence-corrected chi connectivity index (χ2v) is 8.06. The Balaban J connectivity index is 1.74. The van der Waals surface area contributed by atoms with Crippen LogP contribution >= 0.6 is 0 Å². The molecule has 24 heavy (non-hydrogen) atoms. The van der Waals surface area contributed by atoms with Gasteiger partial charge in [0.15, 0.2) is 0 Å². The number of piperidine rings is 1. The van der Waals surface area contributed by atoms with Gasteiger partial charge in [0, 0.05) is 26.2 Å². The summed E-state index contributed by atoms with van der Waals surface area (Å²) in [5, 5.41) is 0. The minimum absolute atomic E-state index is 0.282. The van der Waals surface area contributed by atoms with Crippen LogP contribution in [0.25, 0.3) is 0 Å². The zero-order chi connectivity index (χ0) is 17.9. The highest BCUT2D eigenvalue weighted by molar-refractivity contribution is 5.82. The normalized spacial score (nSPS) is 27.7. The van der Waals surface area contributed by atoms with Gasteiger partial charge in [0.2, 0.25) is 5.91 Å². The van der Waals surface area contributed by atoms with E-state index >= 15 is 0 Å². The number of hydrogen-bond acceptors (Lipinski definition) is 3. The maximum absolute atomic E-state index is 13.0. The molecule has 2 saturated heterocycles. The zero-order valence-electron chi connectivity index (χ0n) is 15.4. The van der Waals surface area contributed by atoms with Gasteiger partial charge in [-0.3, -0.25) is 9.69 Å². The van der Waals surface area contributed by atoms with Crippen LogP contribution in [0, 0.1) is 11.3 Å². The SMILES string of the molecule is C[C@@H]1CN(CCC2CCN(C(=O)C(C)(C)C(F)F)CC2)C[C@@H](C)O1. The predicted octanol–water partition coefficient (Wildman–Crippen LogP) is 3.02. The topological polar surface area (TPSA) is 32.8 Å². The lowest BCUT2D eigenvalue weighted by Gasteiger charge is -2.38. The van der Waals surface area contributed by atoms with Crippen LogP contribution in [0.5, 0.6) is 0 Å². The van der Waals surface area contributed by atoms with E-state index in [1.165, 1.54) is 13.8 Å². The molecule has 0 saturated carbocycles. The van der Waals surface area contributed by atoms with E-state index in [-0.39, 0.29) is 12.2 Å². The molecule has 2 aliphatic heterocycles. The molecule has 0 aromatic rings. The molecule has 2 rings (SSSR count). The largest absolute Gasteiger partial charge is 0.373 e. The van der Waals surface area contributed by atoms with Gasteiger partial charge in [-0.1, -0.05) is 0 Å². The molecule has 0 unspecified atom stereocenters. The molecule has 0 aromatic carbocycles. The number of likely N-dealkylation sites (tertiary alicyclic amines) is 1. The van der Waals surface area contributed by atoms with Gasteiger partial charge < -0.3 is 9.64 Å². The summed E-state index contributed by atoms with van der Waals surface area (Å²) < 4.78 is 31.8. The number of morpholine rings is 1. The third-order valence-corrected chi connectivity index (χ3v) is 5.35. The van der Waals surface area contributed by atoms with Crippen molar-refractivity contribution < 1.29 is 18.3 Å². The number of hydrogen-bond donors (Lipinski definition) is 0. The van der Waals surface area contributed by atoms with Crippen LogP contribution in [-0.4, -0.2) is 67.1 Å². The van der Waals surface area contributed by atoms with Crippen molar-refractivity contribution in [3.8, 4) is 0 Å². The number of nitrogens with zero attached hydrogens (tertiary/aromatic N) is 2. The van der Waals surface area contributed by atoms with Crippen LogP contribution < -0.4 is 0 Å². The Morgan fingerprint density at radius 2 is 1.71 bits per heavy atom. The van der Waals surface area contributed by atoms with Crippen LogP contribution in [0.1, 0.15) is 47.0 Å². The van der Waals surface area contributed by atoms with Gasteiger partial charge in [0.1, 0.15) is 5.41 Å². The monoisotopic (exact) mass is 346 g/mol. The van der Waals surface area contributed by atoms with Crippen LogP contribution in [0.2, 0.25) is 0 Å². The molecule has 2 fully saturated rings. The van der Waals surface area contributed by atoms with E-state index in [1.807, 2.05) is 0 Å². The van der Waals surface area contributed by atoms with Crippen molar-refractivity contribution in [2.24, 2.45) is 11.3 Å². The fraction of sp³-hybridized carbons (Fsp3) is 0.944. The smallest absolute Gasteiger partial charge is 0.252 e. The zero-order valence-corrected chi connectivity index (χ0v) is 15.4. The molecule has 2 aliphatic rings. The average Bonchev–Trinajstić information content (AvgIpc) is 2.51. The summed E-state index contributed by atoms with van der Waals surface area (Å²) in [6.07, 6.45) is 0.892. The van der Waals surface area contributed by atoms with E-state index in [1.54, 1.807) is 4.90 Å². The molecule has 0 aromatic heterocycles. The summed E-state index contributed by atoms with van der Waals surface area (Å²) in [6, 6.07) is 0. The molecular weight excluding hydrogens is 314 g/mol. The van der Waals surface area contributed by atoms with Crippen molar-refractivity contribution >= 4 is 5.91 Å². The second kappa shape index (κ2) is 8.09. The standard InChI is InChI=1S/C18H32F2N2O2/c1-13-11-21(12-14(2)24-13)8-5-15-6-9-22(10-7-15)17(23)18(3,4)16(19)20/h13-16H,5-12H2,1-4H3/t13-,14-/m1/s1. The number of amides is 1. The quantitative estimate of drug-likeness (QED) is 0.767. The van der Waals surface area contributed by atoms with Crippen molar-refractivity contribution in [3.05, 3.63) is 0 Å². The number of carbonyl (C=O) groups excluding carboxylic acids is 1. The van der Waals surface area contributed by atoms with Crippen molar-refractivity contribution in [1.82, 2.24) is 9.80 Å². The summed E-state index contributed by atoms with van der Waals surface area (Å²) in [4.78, 5) is 16.4. The van der Waals surface area contributed by atoms with E-state index in [9.17, 15) is 13.6 Å². The fourth-order valence-electron chi connectivity index (χ4n) is 3.76. The van der Waals surface area contributed by atoms with Gasteiger partial charge in [-0.05, 0) is 59.4 Å². The van der Waals surface area contributed by atoms with E-state index in [0.717, 1.165) is 38.9 Å². The maximum Gasteiger partial charge on any atom is 0.252 e. The molecule has 2 atom stereocenters. The third-order valence-electron chi connectivity index (χ3n) is 5.35. The number of halogens is 2. The van der Waals surface area contributed by atoms with Crippen LogP contribution in [0.3, 0.4) is 0 Å². The maximum atomic E-state index is 13.0. The predicted molar refractivity (Wildman–Crippen MR) is 90.2 cm³/mol. The number of ether oxygens (including phenoxy) is 1. The van der Waals surface area contributed by atoms with E-state index in [4.69, 9.17) is 4.74 Å². The van der Waals surface area contributed by atoms with Crippen molar-refractivity contribution in [3.63, 3.8) is 0 Å². The van der Waals surface area contributed by atoms with Gasteiger partial charge in [-0.2, -0.15) is 0 Å². The highest BCUT2D eigenvalue weighted by atomic mass is 19.3. The Hall–Kier alpha value is -0.750. The summed E-state index contributed by atoms with van der Waals surface area (Å²) in [5.41, 5.74) is -1.58. The Bertz CT molecular complexity index is 413. The molecule has 0 aliphatic carbocycles. The molecule has 0 spiro atoms. The van der Waals surface area contributed by atoms with Gasteiger partial charge in [-0.15, -0.1) is 0 Å². The number of carbonyl (C=O) groups is 1. The molecule has 0 N–H and O–H groups in total. The molecule has 4 nitrogen and oxygen atoms in total. The van der Waals surface area contributed by atoms with Crippen LogP contribution in [0.15, 0.2) is 0 Å². The van der Waals surface area contributed by atoms with Gasteiger partial charge in [0.05, 0.1) is 12.2 Å². The fourth-order valence-corrected chi connectivity index (χ4v) is 3.76. The highest BCUT2D eigenvalue weighted by Crippen LogP contribution is 2.30. The van der Waals surface area contributed by atoms with Gasteiger partial charge >= 0.3 is 0 Å². The van der Waals surface area contributed by atoms with Crippen LogP contribution in [-0.2, 0) is 9.53 Å².